The smallest absolute Gasteiger partial charge is 0.160 e. The van der Waals surface area contributed by atoms with E-state index in [1.165, 1.54) is 0 Å². The summed E-state index contributed by atoms with van der Waals surface area (Å²) in [7, 11) is 0. The molecule has 0 amide bonds. The van der Waals surface area contributed by atoms with Gasteiger partial charge in [-0.05, 0) is 27.2 Å². The largest absolute Gasteiger partial charge is 0.396 e. The van der Waals surface area contributed by atoms with Gasteiger partial charge in [-0.3, -0.25) is 0 Å². The molecule has 0 aromatic heterocycles. The summed E-state index contributed by atoms with van der Waals surface area (Å²) < 4.78 is 5.07. The third kappa shape index (κ3) is 6.01. The van der Waals surface area contributed by atoms with Crippen LogP contribution in [-0.2, 0) is 4.74 Å². The maximum Gasteiger partial charge on any atom is 0.160 e. The van der Waals surface area contributed by atoms with Crippen LogP contribution in [-0.4, -0.2) is 28.7 Å². The summed E-state index contributed by atoms with van der Waals surface area (Å²) in [6.07, 6.45) is 0.467. The second kappa shape index (κ2) is 3.91. The third-order valence-electron chi connectivity index (χ3n) is 1.03. The van der Waals surface area contributed by atoms with E-state index in [0.29, 0.717) is 6.42 Å². The van der Waals surface area contributed by atoms with E-state index < -0.39 is 5.79 Å². The Bertz CT molecular complexity index is 85.3. The topological polar surface area (TPSA) is 49.7 Å². The van der Waals surface area contributed by atoms with E-state index in [2.05, 4.69) is 0 Å². The molecule has 62 valence electrons. The predicted molar refractivity (Wildman–Crippen MR) is 38.5 cm³/mol. The fourth-order valence-corrected chi connectivity index (χ4v) is 0.733. The molecule has 0 aliphatic carbocycles. The molecule has 0 aromatic carbocycles. The first-order chi connectivity index (χ1) is 4.45. The third-order valence-corrected chi connectivity index (χ3v) is 1.03. The fourth-order valence-electron chi connectivity index (χ4n) is 0.733. The van der Waals surface area contributed by atoms with E-state index >= 15 is 0 Å². The quantitative estimate of drug-likeness (QED) is 0.571. The molecule has 0 radical (unpaired) electrons. The second-order valence-corrected chi connectivity index (χ2v) is 2.89. The predicted octanol–water partition coefficient (Wildman–Crippen LogP) is 0.502. The minimum atomic E-state index is -1.09. The van der Waals surface area contributed by atoms with Gasteiger partial charge in [0.2, 0.25) is 0 Å². The average Bonchev–Trinajstić information content (AvgIpc) is 1.59. The highest BCUT2D eigenvalue weighted by Crippen LogP contribution is 2.09. The lowest BCUT2D eigenvalue weighted by molar-refractivity contribution is -0.203. The van der Waals surface area contributed by atoms with E-state index in [-0.39, 0.29) is 12.7 Å². The van der Waals surface area contributed by atoms with Crippen molar-refractivity contribution in [3.05, 3.63) is 0 Å². The molecule has 0 rings (SSSR count). The molecule has 0 spiro atoms. The first-order valence-electron chi connectivity index (χ1n) is 3.47. The van der Waals surface area contributed by atoms with E-state index in [0.717, 1.165) is 0 Å². The van der Waals surface area contributed by atoms with Crippen molar-refractivity contribution in [1.29, 1.82) is 0 Å². The zero-order chi connectivity index (χ0) is 8.20. The molecule has 1 unspecified atom stereocenters. The van der Waals surface area contributed by atoms with E-state index in [1.54, 1.807) is 13.8 Å². The normalized spacial score (nSPS) is 15.3. The van der Waals surface area contributed by atoms with Crippen molar-refractivity contribution < 1.29 is 14.9 Å². The van der Waals surface area contributed by atoms with Gasteiger partial charge in [0, 0.05) is 6.61 Å². The highest BCUT2D eigenvalue weighted by atomic mass is 16.6. The summed E-state index contributed by atoms with van der Waals surface area (Å²) in [5.74, 6) is -1.09. The molecule has 0 aliphatic rings. The van der Waals surface area contributed by atoms with Crippen LogP contribution in [0.5, 0.6) is 0 Å². The molecule has 0 aliphatic heterocycles. The molecule has 0 saturated carbocycles. The van der Waals surface area contributed by atoms with Gasteiger partial charge in [0.05, 0.1) is 6.10 Å². The van der Waals surface area contributed by atoms with Crippen LogP contribution in [0.4, 0.5) is 0 Å². The SMILES string of the molecule is CC(CCO)OC(C)(C)O. The number of hydrogen-bond acceptors (Lipinski definition) is 3. The van der Waals surface area contributed by atoms with Gasteiger partial charge in [-0.2, -0.15) is 0 Å². The Hall–Kier alpha value is -0.120. The Balaban J connectivity index is 3.47. The molecular weight excluding hydrogens is 132 g/mol. The Morgan fingerprint density at radius 3 is 2.30 bits per heavy atom. The minimum Gasteiger partial charge on any atom is -0.396 e. The van der Waals surface area contributed by atoms with Crippen LogP contribution in [0.15, 0.2) is 0 Å². The van der Waals surface area contributed by atoms with Crippen LogP contribution in [0.2, 0.25) is 0 Å². The van der Waals surface area contributed by atoms with Crippen molar-refractivity contribution in [3.63, 3.8) is 0 Å². The van der Waals surface area contributed by atoms with Crippen molar-refractivity contribution in [2.75, 3.05) is 6.61 Å². The maximum atomic E-state index is 9.11. The van der Waals surface area contributed by atoms with Gasteiger partial charge in [0.25, 0.3) is 0 Å². The molecule has 3 nitrogen and oxygen atoms in total. The van der Waals surface area contributed by atoms with E-state index in [4.69, 9.17) is 14.9 Å². The first kappa shape index (κ1) is 9.88. The minimum absolute atomic E-state index is 0.0926. The Morgan fingerprint density at radius 1 is 1.50 bits per heavy atom. The van der Waals surface area contributed by atoms with Crippen LogP contribution < -0.4 is 0 Å². The summed E-state index contributed by atoms with van der Waals surface area (Å²) in [5.41, 5.74) is 0. The highest BCUT2D eigenvalue weighted by molar-refractivity contribution is 4.55. The molecule has 1 atom stereocenters. The van der Waals surface area contributed by atoms with Crippen molar-refractivity contribution in [3.8, 4) is 0 Å². The van der Waals surface area contributed by atoms with Crippen LogP contribution in [0, 0.1) is 0 Å². The van der Waals surface area contributed by atoms with Crippen molar-refractivity contribution in [2.24, 2.45) is 0 Å². The summed E-state index contributed by atoms with van der Waals surface area (Å²) in [6.45, 7) is 5.05. The zero-order valence-electron chi connectivity index (χ0n) is 6.79. The number of hydrogen-bond donors (Lipinski definition) is 2. The Morgan fingerprint density at radius 2 is 2.00 bits per heavy atom. The van der Waals surface area contributed by atoms with Crippen LogP contribution >= 0.6 is 0 Å². The van der Waals surface area contributed by atoms with Gasteiger partial charge in [-0.25, -0.2) is 0 Å². The number of rotatable bonds is 4. The zero-order valence-corrected chi connectivity index (χ0v) is 6.79. The number of ether oxygens (including phenoxy) is 1. The lowest BCUT2D eigenvalue weighted by Crippen LogP contribution is -2.28. The number of aliphatic hydroxyl groups excluding tert-OH is 1. The standard InChI is InChI=1S/C7H16O3/c1-6(4-5-8)10-7(2,3)9/h6,8-9H,4-5H2,1-3H3. The molecule has 0 aromatic rings. The average molecular weight is 148 g/mol. The van der Waals surface area contributed by atoms with Crippen LogP contribution in [0.1, 0.15) is 27.2 Å². The lowest BCUT2D eigenvalue weighted by Gasteiger charge is -2.22. The van der Waals surface area contributed by atoms with Crippen LogP contribution in [0.3, 0.4) is 0 Å². The first-order valence-corrected chi connectivity index (χ1v) is 3.47. The van der Waals surface area contributed by atoms with E-state index in [1.807, 2.05) is 6.92 Å². The van der Waals surface area contributed by atoms with Gasteiger partial charge in [-0.1, -0.05) is 0 Å². The Labute approximate surface area is 61.6 Å². The summed E-state index contributed by atoms with van der Waals surface area (Å²) in [6, 6.07) is 0. The Kier molecular flexibility index (Phi) is 3.86. The molecular formula is C7H16O3. The highest BCUT2D eigenvalue weighted by Gasteiger charge is 2.16. The lowest BCUT2D eigenvalue weighted by atomic mass is 10.3. The van der Waals surface area contributed by atoms with Crippen molar-refractivity contribution in [2.45, 2.75) is 39.1 Å². The van der Waals surface area contributed by atoms with Crippen molar-refractivity contribution >= 4 is 0 Å². The maximum absolute atomic E-state index is 9.11. The van der Waals surface area contributed by atoms with Gasteiger partial charge in [0.1, 0.15) is 0 Å². The summed E-state index contributed by atoms with van der Waals surface area (Å²) in [4.78, 5) is 0. The molecule has 0 fully saturated rings. The van der Waals surface area contributed by atoms with E-state index in [9.17, 15) is 0 Å². The van der Waals surface area contributed by atoms with Gasteiger partial charge < -0.3 is 14.9 Å². The second-order valence-electron chi connectivity index (χ2n) is 2.89. The molecule has 2 N–H and O–H groups in total. The summed E-state index contributed by atoms with van der Waals surface area (Å²) >= 11 is 0. The summed E-state index contributed by atoms with van der Waals surface area (Å²) in [5, 5.41) is 17.6. The molecule has 0 saturated heterocycles. The monoisotopic (exact) mass is 148 g/mol. The molecule has 3 heteroatoms. The number of aliphatic hydroxyl groups is 2. The van der Waals surface area contributed by atoms with Crippen LogP contribution in [0.25, 0.3) is 0 Å². The molecule has 10 heavy (non-hydrogen) atoms. The van der Waals surface area contributed by atoms with Gasteiger partial charge >= 0.3 is 0 Å². The molecule has 0 bridgehead atoms. The molecule has 0 heterocycles. The fraction of sp³-hybridized carbons (Fsp3) is 1.00. The van der Waals surface area contributed by atoms with Gasteiger partial charge in [-0.15, -0.1) is 0 Å². The van der Waals surface area contributed by atoms with Gasteiger partial charge in [0.15, 0.2) is 5.79 Å². The van der Waals surface area contributed by atoms with Crippen molar-refractivity contribution in [1.82, 2.24) is 0 Å².